The van der Waals surface area contributed by atoms with Gasteiger partial charge in [-0.15, -0.1) is 0 Å². The van der Waals surface area contributed by atoms with E-state index in [-0.39, 0.29) is 29.3 Å². The van der Waals surface area contributed by atoms with E-state index in [0.717, 1.165) is 38.9 Å². The molecule has 1 aromatic carbocycles. The second-order valence-electron chi connectivity index (χ2n) is 9.44. The molecule has 2 saturated carbocycles. The Morgan fingerprint density at radius 2 is 1.83 bits per heavy atom. The molecule has 2 aliphatic carbocycles. The molecule has 1 spiro atoms. The van der Waals surface area contributed by atoms with Crippen LogP contribution in [-0.2, 0) is 0 Å². The van der Waals surface area contributed by atoms with Crippen LogP contribution in [0.15, 0.2) is 18.2 Å². The Morgan fingerprint density at radius 1 is 1.14 bits per heavy atom. The lowest BCUT2D eigenvalue weighted by Gasteiger charge is -2.59. The van der Waals surface area contributed by atoms with Crippen LogP contribution in [0, 0.1) is 23.1 Å². The highest BCUT2D eigenvalue weighted by Crippen LogP contribution is 2.51. The normalized spacial score (nSPS) is 24.1. The summed E-state index contributed by atoms with van der Waals surface area (Å²) >= 11 is 5.80. The first-order chi connectivity index (χ1) is 13.7. The van der Waals surface area contributed by atoms with Gasteiger partial charge in [0.2, 0.25) is 5.92 Å². The van der Waals surface area contributed by atoms with Gasteiger partial charge in [0, 0.05) is 43.1 Å². The fourth-order valence-electron chi connectivity index (χ4n) is 5.41. The zero-order valence-electron chi connectivity index (χ0n) is 16.5. The number of carbonyl (C=O) groups excluding carboxylic acids is 1. The van der Waals surface area contributed by atoms with Crippen molar-refractivity contribution >= 4 is 17.5 Å². The second kappa shape index (κ2) is 8.10. The minimum absolute atomic E-state index is 0.0524. The molecule has 3 aliphatic rings. The number of rotatable bonds is 6. The molecule has 1 heterocycles. The number of alkyl halides is 2. The van der Waals surface area contributed by atoms with E-state index in [1.54, 1.807) is 0 Å². The van der Waals surface area contributed by atoms with Gasteiger partial charge in [0.05, 0.1) is 0 Å². The molecular formula is C22H28ClF3N2O. The number of amides is 1. The summed E-state index contributed by atoms with van der Waals surface area (Å²) in [6.45, 7) is 3.78. The van der Waals surface area contributed by atoms with E-state index < -0.39 is 11.7 Å². The molecule has 7 heteroatoms. The van der Waals surface area contributed by atoms with Crippen molar-refractivity contribution in [3.05, 3.63) is 34.6 Å². The molecule has 0 aromatic heterocycles. The Hall–Kier alpha value is -1.27. The molecular weight excluding hydrogens is 401 g/mol. The van der Waals surface area contributed by atoms with Crippen LogP contribution in [0.1, 0.15) is 55.3 Å². The zero-order chi connectivity index (χ0) is 20.6. The maximum Gasteiger partial charge on any atom is 0.251 e. The molecule has 1 aliphatic heterocycles. The molecule has 1 amide bonds. The lowest BCUT2D eigenvalue weighted by atomic mass is 9.57. The third kappa shape index (κ3) is 5.08. The van der Waals surface area contributed by atoms with Gasteiger partial charge in [-0.3, -0.25) is 4.79 Å². The van der Waals surface area contributed by atoms with E-state index in [2.05, 4.69) is 10.2 Å². The van der Waals surface area contributed by atoms with Crippen LogP contribution in [0.2, 0.25) is 5.02 Å². The van der Waals surface area contributed by atoms with Crippen LogP contribution in [-0.4, -0.2) is 42.9 Å². The molecule has 0 bridgehead atoms. The number of nitrogens with one attached hydrogen (secondary N) is 1. The number of likely N-dealkylation sites (tertiary alicyclic amines) is 1. The number of nitrogens with zero attached hydrogens (tertiary/aromatic N) is 1. The van der Waals surface area contributed by atoms with Crippen molar-refractivity contribution in [1.29, 1.82) is 0 Å². The summed E-state index contributed by atoms with van der Waals surface area (Å²) < 4.78 is 39.8. The minimum atomic E-state index is -2.44. The predicted molar refractivity (Wildman–Crippen MR) is 107 cm³/mol. The minimum Gasteiger partial charge on any atom is -0.352 e. The van der Waals surface area contributed by atoms with E-state index in [4.69, 9.17) is 11.6 Å². The Balaban J connectivity index is 1.11. The Morgan fingerprint density at radius 3 is 2.48 bits per heavy atom. The van der Waals surface area contributed by atoms with Gasteiger partial charge in [-0.25, -0.2) is 13.2 Å². The number of benzene rings is 1. The quantitative estimate of drug-likeness (QED) is 0.680. The summed E-state index contributed by atoms with van der Waals surface area (Å²) in [5.74, 6) is -2.32. The third-order valence-corrected chi connectivity index (χ3v) is 7.15. The van der Waals surface area contributed by atoms with Crippen molar-refractivity contribution in [3.63, 3.8) is 0 Å². The first-order valence-corrected chi connectivity index (χ1v) is 10.9. The van der Waals surface area contributed by atoms with Gasteiger partial charge in [0.15, 0.2) is 0 Å². The molecule has 29 heavy (non-hydrogen) atoms. The van der Waals surface area contributed by atoms with Gasteiger partial charge in [-0.1, -0.05) is 11.6 Å². The fourth-order valence-corrected chi connectivity index (χ4v) is 5.63. The predicted octanol–water partition coefficient (Wildman–Crippen LogP) is 5.14. The van der Waals surface area contributed by atoms with Crippen molar-refractivity contribution in [2.45, 2.75) is 50.9 Å². The van der Waals surface area contributed by atoms with Crippen molar-refractivity contribution in [2.75, 3.05) is 26.2 Å². The average molecular weight is 429 g/mol. The number of hydrogen-bond acceptors (Lipinski definition) is 2. The molecule has 3 fully saturated rings. The van der Waals surface area contributed by atoms with Crippen LogP contribution in [0.5, 0.6) is 0 Å². The SMILES string of the molecule is O=C(NCC1CC2(C1)CN(CCC1CCC(F)(F)CC1)C2)c1cc(F)cc(Cl)c1. The van der Waals surface area contributed by atoms with E-state index >= 15 is 0 Å². The van der Waals surface area contributed by atoms with Crippen LogP contribution in [0.25, 0.3) is 0 Å². The van der Waals surface area contributed by atoms with E-state index in [9.17, 15) is 18.0 Å². The highest BCUT2D eigenvalue weighted by Gasteiger charge is 2.51. The molecule has 0 unspecified atom stereocenters. The Kier molecular flexibility index (Phi) is 5.86. The summed E-state index contributed by atoms with van der Waals surface area (Å²) in [6, 6.07) is 3.85. The summed E-state index contributed by atoms with van der Waals surface area (Å²) in [4.78, 5) is 14.6. The topological polar surface area (TPSA) is 32.3 Å². The van der Waals surface area contributed by atoms with E-state index in [1.807, 2.05) is 0 Å². The Labute approximate surface area is 175 Å². The molecule has 0 atom stereocenters. The van der Waals surface area contributed by atoms with Gasteiger partial charge >= 0.3 is 0 Å². The largest absolute Gasteiger partial charge is 0.352 e. The highest BCUT2D eigenvalue weighted by molar-refractivity contribution is 6.31. The molecule has 1 saturated heterocycles. The molecule has 4 rings (SSSR count). The summed E-state index contributed by atoms with van der Waals surface area (Å²) in [5.41, 5.74) is 0.635. The maximum atomic E-state index is 13.4. The first-order valence-electron chi connectivity index (χ1n) is 10.6. The highest BCUT2D eigenvalue weighted by atomic mass is 35.5. The summed E-state index contributed by atoms with van der Waals surface area (Å²) in [5, 5.41) is 3.11. The van der Waals surface area contributed by atoms with Crippen molar-refractivity contribution in [1.82, 2.24) is 10.2 Å². The number of hydrogen-bond donors (Lipinski definition) is 1. The van der Waals surface area contributed by atoms with Crippen molar-refractivity contribution < 1.29 is 18.0 Å². The Bertz CT molecular complexity index is 728. The van der Waals surface area contributed by atoms with Crippen LogP contribution in [0.3, 0.4) is 0 Å². The molecule has 1 N–H and O–H groups in total. The van der Waals surface area contributed by atoms with Crippen LogP contribution >= 0.6 is 11.6 Å². The summed E-state index contributed by atoms with van der Waals surface area (Å²) in [6.07, 6.45) is 4.65. The second-order valence-corrected chi connectivity index (χ2v) is 9.88. The molecule has 0 radical (unpaired) electrons. The lowest BCUT2D eigenvalue weighted by molar-refractivity contribution is -0.0963. The maximum absolute atomic E-state index is 13.4. The number of halogens is 4. The average Bonchev–Trinajstić information content (AvgIpc) is 2.58. The molecule has 3 nitrogen and oxygen atoms in total. The van der Waals surface area contributed by atoms with Gasteiger partial charge < -0.3 is 10.2 Å². The lowest BCUT2D eigenvalue weighted by Crippen LogP contribution is -2.63. The van der Waals surface area contributed by atoms with Crippen LogP contribution < -0.4 is 5.32 Å². The fraction of sp³-hybridized carbons (Fsp3) is 0.682. The monoisotopic (exact) mass is 428 g/mol. The third-order valence-electron chi connectivity index (χ3n) is 6.93. The van der Waals surface area contributed by atoms with E-state index in [0.29, 0.717) is 36.6 Å². The smallest absolute Gasteiger partial charge is 0.251 e. The summed E-state index contributed by atoms with van der Waals surface area (Å²) in [7, 11) is 0. The van der Waals surface area contributed by atoms with E-state index in [1.165, 1.54) is 18.2 Å². The van der Waals surface area contributed by atoms with Gasteiger partial charge in [0.1, 0.15) is 5.82 Å². The first kappa shape index (κ1) is 21.0. The van der Waals surface area contributed by atoms with Gasteiger partial charge in [-0.2, -0.15) is 0 Å². The van der Waals surface area contributed by atoms with Crippen LogP contribution in [0.4, 0.5) is 13.2 Å². The zero-order valence-corrected chi connectivity index (χ0v) is 17.3. The van der Waals surface area contributed by atoms with Crippen molar-refractivity contribution in [3.8, 4) is 0 Å². The van der Waals surface area contributed by atoms with Gasteiger partial charge in [-0.05, 0) is 74.1 Å². The molecule has 1 aromatic rings. The molecule has 160 valence electrons. The van der Waals surface area contributed by atoms with Gasteiger partial charge in [0.25, 0.3) is 5.91 Å². The van der Waals surface area contributed by atoms with Crippen molar-refractivity contribution in [2.24, 2.45) is 17.3 Å². The standard InChI is InChI=1S/C22H28ClF3N2O/c23-18-7-17(8-19(24)9-18)20(29)27-12-16-10-21(11-16)13-28(14-21)6-3-15-1-4-22(25,26)5-2-15/h7-9,15-16H,1-6,10-14H2,(H,27,29). The number of carbonyl (C=O) groups is 1.